The van der Waals surface area contributed by atoms with Crippen LogP contribution in [0.4, 0.5) is 0 Å². The number of rotatable bonds is 6. The third kappa shape index (κ3) is 3.29. The molecule has 2 rings (SSSR count). The van der Waals surface area contributed by atoms with E-state index in [4.69, 9.17) is 0 Å². The van der Waals surface area contributed by atoms with Crippen LogP contribution in [-0.2, 0) is 13.5 Å². The zero-order valence-electron chi connectivity index (χ0n) is 11.8. The van der Waals surface area contributed by atoms with Gasteiger partial charge in [-0.2, -0.15) is 16.9 Å². The number of thioether (sulfide) groups is 1. The standard InChI is InChI=1S/C14H25N3S/c1-4-15-13(14(2)8-5-9-18-14)7-6-12-10-16-17(3)11-12/h10-11,13,15H,4-9H2,1-3H3. The molecule has 1 aromatic heterocycles. The van der Waals surface area contributed by atoms with E-state index in [1.165, 1.54) is 30.6 Å². The largest absolute Gasteiger partial charge is 0.313 e. The number of hydrogen-bond donors (Lipinski definition) is 1. The molecule has 2 atom stereocenters. The first-order valence-corrected chi connectivity index (χ1v) is 7.97. The monoisotopic (exact) mass is 267 g/mol. The maximum absolute atomic E-state index is 4.25. The molecule has 0 radical (unpaired) electrons. The predicted octanol–water partition coefficient (Wildman–Crippen LogP) is 2.62. The Kier molecular flexibility index (Phi) is 4.73. The van der Waals surface area contributed by atoms with Crippen LogP contribution < -0.4 is 5.32 Å². The second kappa shape index (κ2) is 6.11. The molecule has 102 valence electrons. The molecule has 0 aromatic carbocycles. The van der Waals surface area contributed by atoms with Crippen molar-refractivity contribution >= 4 is 11.8 Å². The van der Waals surface area contributed by atoms with Gasteiger partial charge in [0.05, 0.1) is 6.20 Å². The lowest BCUT2D eigenvalue weighted by Gasteiger charge is -2.34. The van der Waals surface area contributed by atoms with E-state index < -0.39 is 0 Å². The minimum atomic E-state index is 0.429. The summed E-state index contributed by atoms with van der Waals surface area (Å²) >= 11 is 2.15. The first-order valence-electron chi connectivity index (χ1n) is 6.99. The van der Waals surface area contributed by atoms with Crippen molar-refractivity contribution in [2.24, 2.45) is 7.05 Å². The topological polar surface area (TPSA) is 29.9 Å². The molecule has 1 N–H and O–H groups in total. The molecule has 1 aromatic rings. The molecule has 1 fully saturated rings. The van der Waals surface area contributed by atoms with Gasteiger partial charge in [0.15, 0.2) is 0 Å². The molecule has 18 heavy (non-hydrogen) atoms. The minimum Gasteiger partial charge on any atom is -0.313 e. The summed E-state index contributed by atoms with van der Waals surface area (Å²) in [7, 11) is 1.99. The summed E-state index contributed by atoms with van der Waals surface area (Å²) in [5.41, 5.74) is 1.35. The molecular formula is C14H25N3S. The van der Waals surface area contributed by atoms with Gasteiger partial charge >= 0.3 is 0 Å². The average molecular weight is 267 g/mol. The molecule has 0 bridgehead atoms. The normalized spacial score (nSPS) is 25.5. The zero-order valence-corrected chi connectivity index (χ0v) is 12.6. The maximum atomic E-state index is 4.25. The molecule has 1 saturated heterocycles. The van der Waals surface area contributed by atoms with Crippen molar-refractivity contribution in [3.05, 3.63) is 18.0 Å². The van der Waals surface area contributed by atoms with E-state index in [9.17, 15) is 0 Å². The molecule has 0 aliphatic carbocycles. The molecule has 1 aliphatic rings. The predicted molar refractivity (Wildman–Crippen MR) is 79.1 cm³/mol. The van der Waals surface area contributed by atoms with Crippen molar-refractivity contribution in [1.82, 2.24) is 15.1 Å². The molecule has 1 aliphatic heterocycles. The second-order valence-electron chi connectivity index (χ2n) is 5.44. The fourth-order valence-electron chi connectivity index (χ4n) is 2.86. The number of nitrogens with one attached hydrogen (secondary N) is 1. The quantitative estimate of drug-likeness (QED) is 0.859. The molecule has 0 spiro atoms. The van der Waals surface area contributed by atoms with E-state index in [0.717, 1.165) is 13.0 Å². The molecule has 0 saturated carbocycles. The number of aromatic nitrogens is 2. The van der Waals surface area contributed by atoms with Crippen molar-refractivity contribution < 1.29 is 0 Å². The number of aryl methyl sites for hydroxylation is 2. The van der Waals surface area contributed by atoms with Crippen LogP contribution in [-0.4, -0.2) is 32.9 Å². The molecule has 3 nitrogen and oxygen atoms in total. The molecule has 0 amide bonds. The van der Waals surface area contributed by atoms with Crippen LogP contribution >= 0.6 is 11.8 Å². The van der Waals surface area contributed by atoms with Crippen molar-refractivity contribution in [1.29, 1.82) is 0 Å². The Bertz CT molecular complexity index is 369. The molecular weight excluding hydrogens is 242 g/mol. The molecule has 2 heterocycles. The number of nitrogens with zero attached hydrogens (tertiary/aromatic N) is 2. The Morgan fingerprint density at radius 1 is 1.61 bits per heavy atom. The van der Waals surface area contributed by atoms with Gasteiger partial charge in [-0.1, -0.05) is 6.92 Å². The highest BCUT2D eigenvalue weighted by molar-refractivity contribution is 8.00. The Morgan fingerprint density at radius 3 is 3.00 bits per heavy atom. The third-order valence-electron chi connectivity index (χ3n) is 3.92. The highest BCUT2D eigenvalue weighted by atomic mass is 32.2. The van der Waals surface area contributed by atoms with E-state index >= 15 is 0 Å². The summed E-state index contributed by atoms with van der Waals surface area (Å²) in [6.07, 6.45) is 9.18. The third-order valence-corrected chi connectivity index (χ3v) is 5.56. The first kappa shape index (κ1) is 13.9. The Hall–Kier alpha value is -0.480. The lowest BCUT2D eigenvalue weighted by molar-refractivity contribution is 0.387. The van der Waals surface area contributed by atoms with Crippen LogP contribution in [0.1, 0.15) is 38.7 Å². The van der Waals surface area contributed by atoms with Gasteiger partial charge in [-0.15, -0.1) is 0 Å². The van der Waals surface area contributed by atoms with E-state index in [1.54, 1.807) is 0 Å². The van der Waals surface area contributed by atoms with Crippen LogP contribution in [0.25, 0.3) is 0 Å². The van der Waals surface area contributed by atoms with Crippen LogP contribution in [0.3, 0.4) is 0 Å². The van der Waals surface area contributed by atoms with Crippen molar-refractivity contribution in [3.8, 4) is 0 Å². The van der Waals surface area contributed by atoms with Gasteiger partial charge in [0.1, 0.15) is 0 Å². The summed E-state index contributed by atoms with van der Waals surface area (Å²) in [4.78, 5) is 0. The summed E-state index contributed by atoms with van der Waals surface area (Å²) in [5, 5.41) is 7.94. The number of hydrogen-bond acceptors (Lipinski definition) is 3. The Balaban J connectivity index is 1.93. The fourth-order valence-corrected chi connectivity index (χ4v) is 4.30. The maximum Gasteiger partial charge on any atom is 0.0521 e. The average Bonchev–Trinajstić information content (AvgIpc) is 2.94. The van der Waals surface area contributed by atoms with Gasteiger partial charge in [-0.05, 0) is 50.5 Å². The van der Waals surface area contributed by atoms with E-state index in [1.807, 2.05) is 17.9 Å². The van der Waals surface area contributed by atoms with E-state index in [-0.39, 0.29) is 0 Å². The van der Waals surface area contributed by atoms with Crippen LogP contribution in [0.2, 0.25) is 0 Å². The highest BCUT2D eigenvalue weighted by Crippen LogP contribution is 2.41. The van der Waals surface area contributed by atoms with Gasteiger partial charge in [-0.3, -0.25) is 4.68 Å². The lowest BCUT2D eigenvalue weighted by atomic mass is 9.91. The summed E-state index contributed by atoms with van der Waals surface area (Å²) in [5.74, 6) is 1.32. The van der Waals surface area contributed by atoms with Crippen molar-refractivity contribution in [3.63, 3.8) is 0 Å². The van der Waals surface area contributed by atoms with Gasteiger partial charge in [0.25, 0.3) is 0 Å². The van der Waals surface area contributed by atoms with Gasteiger partial charge < -0.3 is 5.32 Å². The van der Waals surface area contributed by atoms with Crippen molar-refractivity contribution in [2.75, 3.05) is 12.3 Å². The summed E-state index contributed by atoms with van der Waals surface area (Å²) in [6, 6.07) is 0.621. The lowest BCUT2D eigenvalue weighted by Crippen LogP contribution is -2.45. The Morgan fingerprint density at radius 2 is 2.44 bits per heavy atom. The second-order valence-corrected chi connectivity index (χ2v) is 7.07. The van der Waals surface area contributed by atoms with E-state index in [0.29, 0.717) is 10.8 Å². The van der Waals surface area contributed by atoms with Crippen LogP contribution in [0.15, 0.2) is 12.4 Å². The molecule has 4 heteroatoms. The minimum absolute atomic E-state index is 0.429. The van der Waals surface area contributed by atoms with Crippen molar-refractivity contribution in [2.45, 2.75) is 50.3 Å². The van der Waals surface area contributed by atoms with E-state index in [2.05, 4.69) is 42.2 Å². The first-order chi connectivity index (χ1) is 8.64. The molecule has 2 unspecified atom stereocenters. The summed E-state index contributed by atoms with van der Waals surface area (Å²) < 4.78 is 2.32. The van der Waals surface area contributed by atoms with Gasteiger partial charge in [-0.25, -0.2) is 0 Å². The Labute approximate surface area is 115 Å². The summed E-state index contributed by atoms with van der Waals surface area (Å²) in [6.45, 7) is 5.70. The zero-order chi connectivity index (χ0) is 13.0. The SMILES string of the molecule is CCNC(CCc1cnn(C)c1)C1(C)CCCS1. The van der Waals surface area contributed by atoms with Gasteiger partial charge in [0.2, 0.25) is 0 Å². The van der Waals surface area contributed by atoms with Crippen LogP contribution in [0.5, 0.6) is 0 Å². The highest BCUT2D eigenvalue weighted by Gasteiger charge is 2.36. The van der Waals surface area contributed by atoms with Gasteiger partial charge in [0, 0.05) is 24.0 Å². The smallest absolute Gasteiger partial charge is 0.0521 e. The van der Waals surface area contributed by atoms with Crippen LogP contribution in [0, 0.1) is 0 Å². The fraction of sp³-hybridized carbons (Fsp3) is 0.786.